The van der Waals surface area contributed by atoms with Crippen LogP contribution in [0, 0.1) is 35.5 Å². The second kappa shape index (κ2) is 16.6. The van der Waals surface area contributed by atoms with Gasteiger partial charge in [-0.1, -0.05) is 91.9 Å². The molecular formula is C30H54O4. The SMILES string of the molecule is CC(C)CC(COC(=O)CCC(=O)OCC(CC(C)C)CC1CCCCC1)CC1CCCCC1. The Morgan fingerprint density at radius 3 is 1.29 bits per heavy atom. The molecule has 198 valence electrons. The highest BCUT2D eigenvalue weighted by atomic mass is 16.5. The van der Waals surface area contributed by atoms with Gasteiger partial charge in [-0.25, -0.2) is 0 Å². The maximum absolute atomic E-state index is 12.3. The molecule has 0 aliphatic heterocycles. The minimum atomic E-state index is -0.254. The minimum absolute atomic E-state index is 0.133. The van der Waals surface area contributed by atoms with Crippen LogP contribution in [-0.4, -0.2) is 25.2 Å². The van der Waals surface area contributed by atoms with E-state index in [1.807, 2.05) is 0 Å². The van der Waals surface area contributed by atoms with Gasteiger partial charge in [0.05, 0.1) is 26.1 Å². The van der Waals surface area contributed by atoms with E-state index in [-0.39, 0.29) is 24.8 Å². The molecule has 0 aromatic heterocycles. The second-order valence-electron chi connectivity index (χ2n) is 12.3. The number of ether oxygens (including phenoxy) is 2. The third-order valence-corrected chi connectivity index (χ3v) is 7.89. The van der Waals surface area contributed by atoms with Crippen LogP contribution in [0.15, 0.2) is 0 Å². The van der Waals surface area contributed by atoms with E-state index < -0.39 is 0 Å². The topological polar surface area (TPSA) is 52.6 Å². The van der Waals surface area contributed by atoms with Crippen LogP contribution in [-0.2, 0) is 19.1 Å². The summed E-state index contributed by atoms with van der Waals surface area (Å²) in [5, 5.41) is 0. The van der Waals surface area contributed by atoms with E-state index in [2.05, 4.69) is 27.7 Å². The van der Waals surface area contributed by atoms with Gasteiger partial charge in [0.15, 0.2) is 0 Å². The largest absolute Gasteiger partial charge is 0.465 e. The van der Waals surface area contributed by atoms with E-state index >= 15 is 0 Å². The second-order valence-corrected chi connectivity index (χ2v) is 12.3. The third-order valence-electron chi connectivity index (χ3n) is 7.89. The number of hydrogen-bond acceptors (Lipinski definition) is 4. The van der Waals surface area contributed by atoms with Crippen molar-refractivity contribution in [3.05, 3.63) is 0 Å². The number of hydrogen-bond donors (Lipinski definition) is 0. The van der Waals surface area contributed by atoms with Crippen LogP contribution < -0.4 is 0 Å². The molecule has 0 saturated heterocycles. The maximum atomic E-state index is 12.3. The Hall–Kier alpha value is -1.06. The average Bonchev–Trinajstić information content (AvgIpc) is 2.80. The summed E-state index contributed by atoms with van der Waals surface area (Å²) in [6, 6.07) is 0. The number of carbonyl (C=O) groups is 2. The first-order chi connectivity index (χ1) is 16.3. The predicted octanol–water partition coefficient (Wildman–Crippen LogP) is 8.12. The summed E-state index contributed by atoms with van der Waals surface area (Å²) >= 11 is 0. The normalized spacial score (nSPS) is 19.8. The van der Waals surface area contributed by atoms with Gasteiger partial charge in [0.25, 0.3) is 0 Å². The molecule has 0 heterocycles. The lowest BCUT2D eigenvalue weighted by molar-refractivity contribution is -0.152. The van der Waals surface area contributed by atoms with Crippen LogP contribution >= 0.6 is 0 Å². The predicted molar refractivity (Wildman–Crippen MR) is 139 cm³/mol. The smallest absolute Gasteiger partial charge is 0.306 e. The van der Waals surface area contributed by atoms with E-state index in [0.29, 0.717) is 36.9 Å². The average molecular weight is 479 g/mol. The molecule has 0 aromatic rings. The molecule has 34 heavy (non-hydrogen) atoms. The first-order valence-corrected chi connectivity index (χ1v) is 14.6. The van der Waals surface area contributed by atoms with Gasteiger partial charge >= 0.3 is 11.9 Å². The Morgan fingerprint density at radius 1 is 0.618 bits per heavy atom. The molecule has 0 bridgehead atoms. The van der Waals surface area contributed by atoms with Gasteiger partial charge in [-0.05, 0) is 61.2 Å². The van der Waals surface area contributed by atoms with Crippen LogP contribution in [0.1, 0.15) is 130 Å². The zero-order valence-electron chi connectivity index (χ0n) is 22.8. The Morgan fingerprint density at radius 2 is 0.971 bits per heavy atom. The molecular weight excluding hydrogens is 424 g/mol. The molecule has 4 heteroatoms. The van der Waals surface area contributed by atoms with E-state index in [4.69, 9.17) is 9.47 Å². The van der Waals surface area contributed by atoms with Gasteiger partial charge < -0.3 is 9.47 Å². The third kappa shape index (κ3) is 13.1. The van der Waals surface area contributed by atoms with E-state index in [0.717, 1.165) is 24.7 Å². The summed E-state index contributed by atoms with van der Waals surface area (Å²) in [6.45, 7) is 9.97. The summed E-state index contributed by atoms with van der Waals surface area (Å²) in [6.07, 6.45) is 18.2. The van der Waals surface area contributed by atoms with Crippen molar-refractivity contribution in [2.75, 3.05) is 13.2 Å². The standard InChI is InChI=1S/C30H54O4/c1-23(2)17-27(19-25-11-7-5-8-12-25)21-33-29(31)15-16-30(32)34-22-28(18-24(3)4)20-26-13-9-6-10-14-26/h23-28H,5-22H2,1-4H3. The molecule has 4 nitrogen and oxygen atoms in total. The monoisotopic (exact) mass is 478 g/mol. The fourth-order valence-electron chi connectivity index (χ4n) is 6.36. The van der Waals surface area contributed by atoms with Gasteiger partial charge in [-0.2, -0.15) is 0 Å². The van der Waals surface area contributed by atoms with Crippen LogP contribution in [0.5, 0.6) is 0 Å². The quantitative estimate of drug-likeness (QED) is 0.223. The number of rotatable bonds is 15. The van der Waals surface area contributed by atoms with Crippen molar-refractivity contribution in [2.45, 2.75) is 130 Å². The molecule has 0 aromatic carbocycles. The molecule has 2 fully saturated rings. The molecule has 2 saturated carbocycles. The number of esters is 2. The Kier molecular flexibility index (Phi) is 14.2. The number of carbonyl (C=O) groups excluding carboxylic acids is 2. The maximum Gasteiger partial charge on any atom is 0.306 e. The lowest BCUT2D eigenvalue weighted by Crippen LogP contribution is -2.22. The highest BCUT2D eigenvalue weighted by Gasteiger charge is 2.23. The Balaban J connectivity index is 1.67. The zero-order valence-corrected chi connectivity index (χ0v) is 22.8. The summed E-state index contributed by atoms with van der Waals surface area (Å²) in [5.74, 6) is 3.17. The molecule has 2 aliphatic rings. The first kappa shape index (κ1) is 29.2. The van der Waals surface area contributed by atoms with Crippen molar-refractivity contribution in [3.8, 4) is 0 Å². The molecule has 2 aliphatic carbocycles. The summed E-state index contributed by atoms with van der Waals surface area (Å²) in [4.78, 5) is 24.7. The van der Waals surface area contributed by atoms with Gasteiger partial charge in [-0.3, -0.25) is 9.59 Å². The van der Waals surface area contributed by atoms with Crippen molar-refractivity contribution in [1.82, 2.24) is 0 Å². The molecule has 0 spiro atoms. The summed E-state index contributed by atoms with van der Waals surface area (Å²) in [5.41, 5.74) is 0. The molecule has 0 N–H and O–H groups in total. The fraction of sp³-hybridized carbons (Fsp3) is 0.933. The van der Waals surface area contributed by atoms with Crippen molar-refractivity contribution >= 4 is 11.9 Å². The van der Waals surface area contributed by atoms with Gasteiger partial charge in [0.2, 0.25) is 0 Å². The first-order valence-electron chi connectivity index (χ1n) is 14.6. The fourth-order valence-corrected chi connectivity index (χ4v) is 6.36. The van der Waals surface area contributed by atoms with Crippen LogP contribution in [0.4, 0.5) is 0 Å². The van der Waals surface area contributed by atoms with Crippen LogP contribution in [0.3, 0.4) is 0 Å². The summed E-state index contributed by atoms with van der Waals surface area (Å²) < 4.78 is 11.3. The minimum Gasteiger partial charge on any atom is -0.465 e. The molecule has 2 rings (SSSR count). The highest BCUT2D eigenvalue weighted by molar-refractivity contribution is 5.77. The van der Waals surface area contributed by atoms with E-state index in [1.165, 1.54) is 77.0 Å². The van der Waals surface area contributed by atoms with Crippen molar-refractivity contribution in [3.63, 3.8) is 0 Å². The molecule has 0 radical (unpaired) electrons. The van der Waals surface area contributed by atoms with Crippen molar-refractivity contribution in [1.29, 1.82) is 0 Å². The Bertz CT molecular complexity index is 508. The molecule has 2 unspecified atom stereocenters. The Labute approximate surface area is 210 Å². The molecule has 0 amide bonds. The lowest BCUT2D eigenvalue weighted by atomic mass is 9.81. The highest BCUT2D eigenvalue weighted by Crippen LogP contribution is 2.32. The van der Waals surface area contributed by atoms with Gasteiger partial charge in [-0.15, -0.1) is 0 Å². The molecule has 2 atom stereocenters. The van der Waals surface area contributed by atoms with E-state index in [1.54, 1.807) is 0 Å². The van der Waals surface area contributed by atoms with Gasteiger partial charge in [0.1, 0.15) is 0 Å². The summed E-state index contributed by atoms with van der Waals surface area (Å²) in [7, 11) is 0. The van der Waals surface area contributed by atoms with Crippen molar-refractivity contribution in [2.24, 2.45) is 35.5 Å². The zero-order chi connectivity index (χ0) is 24.8. The lowest BCUT2D eigenvalue weighted by Gasteiger charge is -2.27. The van der Waals surface area contributed by atoms with Crippen LogP contribution in [0.2, 0.25) is 0 Å². The van der Waals surface area contributed by atoms with Crippen molar-refractivity contribution < 1.29 is 19.1 Å². The van der Waals surface area contributed by atoms with Gasteiger partial charge in [0, 0.05) is 0 Å². The van der Waals surface area contributed by atoms with Crippen LogP contribution in [0.25, 0.3) is 0 Å². The van der Waals surface area contributed by atoms with E-state index in [9.17, 15) is 9.59 Å².